The van der Waals surface area contributed by atoms with Crippen molar-refractivity contribution in [1.29, 1.82) is 0 Å². The molecule has 9 heteroatoms. The molecule has 8 nitrogen and oxygen atoms in total. The Morgan fingerprint density at radius 3 is 1.82 bits per heavy atom. The number of rotatable bonds is 11. The van der Waals surface area contributed by atoms with E-state index in [2.05, 4.69) is 5.32 Å². The summed E-state index contributed by atoms with van der Waals surface area (Å²) in [6.45, 7) is 16.4. The second-order valence-electron chi connectivity index (χ2n) is 7.81. The summed E-state index contributed by atoms with van der Waals surface area (Å²) in [5, 5.41) is 2.61. The second-order valence-corrected chi connectivity index (χ2v) is 10.2. The van der Waals surface area contributed by atoms with E-state index in [4.69, 9.17) is 18.5 Å². The first-order valence-electron chi connectivity index (χ1n) is 9.87. The van der Waals surface area contributed by atoms with E-state index in [0.29, 0.717) is 0 Å². The summed E-state index contributed by atoms with van der Waals surface area (Å²) in [6.07, 6.45) is -0.744. The van der Waals surface area contributed by atoms with E-state index in [0.717, 1.165) is 0 Å². The lowest BCUT2D eigenvalue weighted by molar-refractivity contribution is -0.147. The minimum atomic E-state index is -3.52. The Labute approximate surface area is 169 Å². The van der Waals surface area contributed by atoms with Crippen LogP contribution in [-0.2, 0) is 27.9 Å². The fraction of sp³-hybridized carbons (Fsp3) is 0.895. The number of hydrogen-bond donors (Lipinski definition) is 1. The van der Waals surface area contributed by atoms with Gasteiger partial charge in [0, 0.05) is 5.92 Å². The van der Waals surface area contributed by atoms with Crippen LogP contribution in [-0.4, -0.2) is 49.2 Å². The van der Waals surface area contributed by atoms with Crippen LogP contribution in [0.1, 0.15) is 62.3 Å². The summed E-state index contributed by atoms with van der Waals surface area (Å²) in [7, 11) is -3.52. The van der Waals surface area contributed by atoms with E-state index in [1.165, 1.54) is 0 Å². The average Bonchev–Trinajstić information content (AvgIpc) is 2.52. The van der Waals surface area contributed by atoms with Gasteiger partial charge in [0.15, 0.2) is 0 Å². The lowest BCUT2D eigenvalue weighted by Crippen LogP contribution is -2.52. The second kappa shape index (κ2) is 11.8. The summed E-state index contributed by atoms with van der Waals surface area (Å²) in [5.74, 6) is -1.30. The molecule has 0 aliphatic carbocycles. The number of ether oxygens (including phenoxy) is 2. The van der Waals surface area contributed by atoms with Crippen molar-refractivity contribution < 1.29 is 32.7 Å². The molecule has 0 radical (unpaired) electrons. The van der Waals surface area contributed by atoms with Crippen molar-refractivity contribution in [2.75, 3.05) is 19.8 Å². The zero-order valence-electron chi connectivity index (χ0n) is 18.7. The predicted octanol–water partition coefficient (Wildman–Crippen LogP) is 4.37. The van der Waals surface area contributed by atoms with Crippen LogP contribution in [0.25, 0.3) is 0 Å². The number of alkyl carbamates (subject to hydrolysis) is 1. The van der Waals surface area contributed by atoms with E-state index in [-0.39, 0.29) is 25.7 Å². The quantitative estimate of drug-likeness (QED) is 0.389. The highest BCUT2D eigenvalue weighted by Crippen LogP contribution is 2.57. The molecule has 0 fully saturated rings. The Balaban J connectivity index is 5.93. The molecule has 0 aliphatic rings. The highest BCUT2D eigenvalue weighted by Gasteiger charge is 2.46. The number of carbonyl (C=O) groups excluding carboxylic acids is 2. The number of carbonyl (C=O) groups is 2. The van der Waals surface area contributed by atoms with Crippen LogP contribution in [0.15, 0.2) is 0 Å². The molecule has 0 aromatic heterocycles. The first-order chi connectivity index (χ1) is 12.8. The van der Waals surface area contributed by atoms with Gasteiger partial charge in [-0.25, -0.2) is 9.59 Å². The highest BCUT2D eigenvalue weighted by atomic mass is 31.2. The molecule has 0 saturated carbocycles. The highest BCUT2D eigenvalue weighted by molar-refractivity contribution is 7.54. The fourth-order valence-electron chi connectivity index (χ4n) is 3.04. The maximum atomic E-state index is 13.3. The first-order valence-corrected chi connectivity index (χ1v) is 11.5. The SMILES string of the molecule is CCOC(=O)[C@@H](NC(=O)OC(C)(C)C)[C@@H](C(C)C)[C@H](C)P(=O)(OCC)OCC. The molecule has 1 amide bonds. The van der Waals surface area contributed by atoms with Crippen molar-refractivity contribution >= 4 is 19.7 Å². The predicted molar refractivity (Wildman–Crippen MR) is 108 cm³/mol. The number of nitrogens with one attached hydrogen (secondary N) is 1. The smallest absolute Gasteiger partial charge is 0.408 e. The van der Waals surface area contributed by atoms with Gasteiger partial charge in [-0.1, -0.05) is 20.8 Å². The third-order valence-electron chi connectivity index (χ3n) is 4.04. The number of hydrogen-bond acceptors (Lipinski definition) is 7. The molecular weight excluding hydrogens is 385 g/mol. The van der Waals surface area contributed by atoms with Crippen molar-refractivity contribution in [1.82, 2.24) is 5.32 Å². The van der Waals surface area contributed by atoms with E-state index >= 15 is 0 Å². The molecule has 1 N–H and O–H groups in total. The summed E-state index contributed by atoms with van der Waals surface area (Å²) in [5.41, 5.74) is -1.38. The molecule has 166 valence electrons. The molecule has 0 aromatic rings. The fourth-order valence-corrected chi connectivity index (χ4v) is 5.25. The summed E-state index contributed by atoms with van der Waals surface area (Å²) >= 11 is 0. The maximum Gasteiger partial charge on any atom is 0.408 e. The van der Waals surface area contributed by atoms with Crippen LogP contribution in [0, 0.1) is 11.8 Å². The average molecular weight is 423 g/mol. The van der Waals surface area contributed by atoms with Crippen LogP contribution >= 0.6 is 7.60 Å². The summed E-state index contributed by atoms with van der Waals surface area (Å²) in [6, 6.07) is -1.06. The third kappa shape index (κ3) is 8.50. The van der Waals surface area contributed by atoms with Gasteiger partial charge in [-0.05, 0) is 47.5 Å². The summed E-state index contributed by atoms with van der Waals surface area (Å²) < 4.78 is 34.7. The summed E-state index contributed by atoms with van der Waals surface area (Å²) in [4.78, 5) is 25.0. The van der Waals surface area contributed by atoms with Crippen LogP contribution < -0.4 is 5.32 Å². The van der Waals surface area contributed by atoms with Crippen molar-refractivity contribution in [3.63, 3.8) is 0 Å². The molecule has 0 rings (SSSR count). The van der Waals surface area contributed by atoms with E-state index < -0.39 is 42.9 Å². The largest absolute Gasteiger partial charge is 0.464 e. The molecule has 0 aliphatic heterocycles. The standard InChI is InChI=1S/C19H38NO7P/c1-10-24-17(21)16(20-18(22)27-19(7,8)9)15(13(4)5)14(6)28(23,25-11-2)26-12-3/h13-16H,10-12H2,1-9H3,(H,20,22)/t14-,15-,16-/m0/s1. The molecular formula is C19H38NO7P. The molecule has 0 saturated heterocycles. The van der Waals surface area contributed by atoms with E-state index in [1.54, 1.807) is 48.5 Å². The van der Waals surface area contributed by atoms with Crippen LogP contribution in [0.2, 0.25) is 0 Å². The first kappa shape index (κ1) is 26.9. The molecule has 0 heterocycles. The van der Waals surface area contributed by atoms with Crippen molar-refractivity contribution in [3.05, 3.63) is 0 Å². The van der Waals surface area contributed by atoms with Crippen LogP contribution in [0.4, 0.5) is 4.79 Å². The Morgan fingerprint density at radius 1 is 0.964 bits per heavy atom. The molecule has 0 unspecified atom stereocenters. The van der Waals surface area contributed by atoms with Crippen LogP contribution in [0.3, 0.4) is 0 Å². The van der Waals surface area contributed by atoms with Gasteiger partial charge in [-0.2, -0.15) is 0 Å². The third-order valence-corrected chi connectivity index (χ3v) is 6.62. The van der Waals surface area contributed by atoms with E-state index in [1.807, 2.05) is 13.8 Å². The molecule has 0 aromatic carbocycles. The van der Waals surface area contributed by atoms with Gasteiger partial charge < -0.3 is 23.8 Å². The van der Waals surface area contributed by atoms with Gasteiger partial charge in [-0.3, -0.25) is 4.57 Å². The molecule has 0 bridgehead atoms. The number of esters is 1. The van der Waals surface area contributed by atoms with Gasteiger partial charge in [-0.15, -0.1) is 0 Å². The minimum absolute atomic E-state index is 0.131. The lowest BCUT2D eigenvalue weighted by Gasteiger charge is -2.36. The maximum absolute atomic E-state index is 13.3. The normalized spacial score (nSPS) is 15.6. The minimum Gasteiger partial charge on any atom is -0.464 e. The zero-order valence-corrected chi connectivity index (χ0v) is 19.6. The van der Waals surface area contributed by atoms with Gasteiger partial charge in [0.2, 0.25) is 0 Å². The van der Waals surface area contributed by atoms with Gasteiger partial charge in [0.05, 0.1) is 25.5 Å². The monoisotopic (exact) mass is 423 g/mol. The molecule has 0 spiro atoms. The Morgan fingerprint density at radius 2 is 1.46 bits per heavy atom. The number of amides is 1. The molecule has 28 heavy (non-hydrogen) atoms. The van der Waals surface area contributed by atoms with Crippen LogP contribution in [0.5, 0.6) is 0 Å². The molecule has 3 atom stereocenters. The van der Waals surface area contributed by atoms with Crippen molar-refractivity contribution in [3.8, 4) is 0 Å². The van der Waals surface area contributed by atoms with Gasteiger partial charge >= 0.3 is 19.7 Å². The van der Waals surface area contributed by atoms with Crippen molar-refractivity contribution in [2.24, 2.45) is 11.8 Å². The topological polar surface area (TPSA) is 100 Å². The lowest BCUT2D eigenvalue weighted by atomic mass is 9.85. The Bertz CT molecular complexity index is 535. The zero-order chi connectivity index (χ0) is 22.1. The van der Waals surface area contributed by atoms with Gasteiger partial charge in [0.1, 0.15) is 11.6 Å². The Kier molecular flexibility index (Phi) is 11.3. The Hall–Kier alpha value is -1.11. The van der Waals surface area contributed by atoms with Gasteiger partial charge in [0.25, 0.3) is 0 Å². The van der Waals surface area contributed by atoms with E-state index in [9.17, 15) is 14.2 Å². The van der Waals surface area contributed by atoms with Crippen molar-refractivity contribution in [2.45, 2.75) is 79.6 Å².